The molecule has 24 heteroatoms. The lowest BCUT2D eigenvalue weighted by atomic mass is 10.6. The van der Waals surface area contributed by atoms with Crippen LogP contribution < -0.4 is 0 Å². The van der Waals surface area contributed by atoms with Crippen LogP contribution in [-0.2, 0) is 72.0 Å². The quantitative estimate of drug-likeness (QED) is 0.0828. The van der Waals surface area contributed by atoms with Gasteiger partial charge in [-0.15, -0.1) is 0 Å². The summed E-state index contributed by atoms with van der Waals surface area (Å²) in [6.45, 7) is 20.2. The van der Waals surface area contributed by atoms with Gasteiger partial charge in [0.25, 0.3) is 45.4 Å². The lowest BCUT2D eigenvalue weighted by molar-refractivity contribution is 0.0703. The maximum Gasteiger partial charge on any atom is 0.500 e. The second-order valence-corrected chi connectivity index (χ2v) is 13.7. The van der Waals surface area contributed by atoms with Gasteiger partial charge in [-0.05, 0) is 41.5 Å². The van der Waals surface area contributed by atoms with E-state index in [4.69, 9.17) is 79.8 Å². The van der Waals surface area contributed by atoms with Gasteiger partial charge in [0.05, 0.1) is 0 Å². The SMILES string of the molecule is CCC[Si](OCC)(OCC)OCC.CCC[Si](OCC)(OCC)OCC.O=S(O)O.O=S(O)O.O=S(O)O.O=S(O)O. The molecule has 0 radical (unpaired) electrons. The molecule has 0 amide bonds. The van der Waals surface area contributed by atoms with Crippen molar-refractivity contribution in [1.82, 2.24) is 0 Å². The highest BCUT2D eigenvalue weighted by Gasteiger charge is 2.39. The minimum absolute atomic E-state index is 0.673. The van der Waals surface area contributed by atoms with Gasteiger partial charge >= 0.3 is 17.6 Å². The van der Waals surface area contributed by atoms with E-state index < -0.39 is 63.1 Å². The molecule has 0 aliphatic rings. The van der Waals surface area contributed by atoms with Crippen molar-refractivity contribution in [3.63, 3.8) is 0 Å². The fourth-order valence-electron chi connectivity index (χ4n) is 2.61. The predicted molar refractivity (Wildman–Crippen MR) is 165 cm³/mol. The molecule has 0 aliphatic carbocycles. The van der Waals surface area contributed by atoms with Gasteiger partial charge in [-0.1, -0.05) is 26.7 Å². The van der Waals surface area contributed by atoms with E-state index in [2.05, 4.69) is 13.8 Å². The van der Waals surface area contributed by atoms with E-state index >= 15 is 0 Å². The van der Waals surface area contributed by atoms with Crippen LogP contribution in [0.15, 0.2) is 0 Å². The fourth-order valence-corrected chi connectivity index (χ4v) is 7.84. The second kappa shape index (κ2) is 41.5. The Kier molecular flexibility index (Phi) is 54.2. The molecule has 0 fully saturated rings. The first-order valence-corrected chi connectivity index (χ1v) is 20.6. The minimum atomic E-state index is -2.61. The summed E-state index contributed by atoms with van der Waals surface area (Å²) >= 11 is -10.4. The molecule has 0 bridgehead atoms. The van der Waals surface area contributed by atoms with Crippen molar-refractivity contribution < 1.29 is 79.8 Å². The van der Waals surface area contributed by atoms with Crippen LogP contribution >= 0.6 is 0 Å². The van der Waals surface area contributed by atoms with E-state index in [0.717, 1.165) is 24.9 Å². The van der Waals surface area contributed by atoms with Gasteiger partial charge in [-0.2, -0.15) is 16.8 Å². The van der Waals surface area contributed by atoms with E-state index in [1.165, 1.54) is 0 Å². The Morgan fingerprint density at radius 3 is 0.571 bits per heavy atom. The molecule has 0 saturated carbocycles. The molecule has 0 saturated heterocycles. The molecular weight excluding hydrogens is 689 g/mol. The van der Waals surface area contributed by atoms with Crippen LogP contribution in [0.25, 0.3) is 0 Å². The summed E-state index contributed by atoms with van der Waals surface area (Å²) in [5.74, 6) is 0. The van der Waals surface area contributed by atoms with Crippen molar-refractivity contribution in [3.8, 4) is 0 Å². The maximum atomic E-state index is 8.67. The molecule has 0 unspecified atom stereocenters. The average Bonchev–Trinajstić information content (AvgIpc) is 2.79. The summed E-state index contributed by atoms with van der Waals surface area (Å²) in [5, 5.41) is 0. The zero-order valence-corrected chi connectivity index (χ0v) is 30.6. The van der Waals surface area contributed by atoms with Crippen molar-refractivity contribution in [3.05, 3.63) is 0 Å². The zero-order chi connectivity index (χ0) is 34.6. The van der Waals surface area contributed by atoms with Gasteiger partial charge in [-0.3, -0.25) is 36.4 Å². The molecule has 0 heterocycles. The highest BCUT2D eigenvalue weighted by Crippen LogP contribution is 2.18. The molecule has 0 aromatic heterocycles. The van der Waals surface area contributed by atoms with Crippen LogP contribution in [0.4, 0.5) is 0 Å². The van der Waals surface area contributed by atoms with E-state index in [0.29, 0.717) is 39.6 Å². The first-order chi connectivity index (χ1) is 19.4. The van der Waals surface area contributed by atoms with Gasteiger partial charge in [0.2, 0.25) is 0 Å². The summed E-state index contributed by atoms with van der Waals surface area (Å²) in [5.41, 5.74) is 0. The normalized spacial score (nSPS) is 10.8. The Labute approximate surface area is 262 Å². The van der Waals surface area contributed by atoms with Crippen LogP contribution in [0.5, 0.6) is 0 Å². The molecule has 0 aromatic carbocycles. The third-order valence-corrected chi connectivity index (χ3v) is 9.89. The van der Waals surface area contributed by atoms with E-state index in [1.807, 2.05) is 41.5 Å². The van der Waals surface area contributed by atoms with Crippen molar-refractivity contribution in [2.75, 3.05) is 39.6 Å². The van der Waals surface area contributed by atoms with E-state index in [9.17, 15) is 0 Å². The average molecular weight is 741 g/mol. The maximum absolute atomic E-state index is 8.67. The monoisotopic (exact) mass is 740 g/mol. The number of rotatable bonds is 16. The first-order valence-electron chi connectivity index (χ1n) is 12.4. The van der Waals surface area contributed by atoms with Crippen molar-refractivity contribution in [1.29, 1.82) is 0 Å². The van der Waals surface area contributed by atoms with Crippen molar-refractivity contribution in [2.45, 2.75) is 80.3 Å². The molecule has 0 rings (SSSR count). The molecule has 42 heavy (non-hydrogen) atoms. The molecule has 0 spiro atoms. The first kappa shape index (κ1) is 54.9. The Morgan fingerprint density at radius 2 is 0.500 bits per heavy atom. The van der Waals surface area contributed by atoms with Gasteiger partial charge < -0.3 is 26.6 Å². The third-order valence-electron chi connectivity index (χ3n) is 3.30. The lowest BCUT2D eigenvalue weighted by Gasteiger charge is -2.27. The Morgan fingerprint density at radius 1 is 0.381 bits per heavy atom. The minimum Gasteiger partial charge on any atom is -0.374 e. The summed E-state index contributed by atoms with van der Waals surface area (Å²) in [7, 11) is -4.59. The Bertz CT molecular complexity index is 488. The predicted octanol–water partition coefficient (Wildman–Crippen LogP) is 3.61. The Balaban J connectivity index is -0.000000103. The molecule has 0 atom stereocenters. The number of hydrogen-bond donors (Lipinski definition) is 8. The van der Waals surface area contributed by atoms with Crippen molar-refractivity contribution >= 4 is 63.1 Å². The van der Waals surface area contributed by atoms with Gasteiger partial charge in [0.1, 0.15) is 0 Å². The third kappa shape index (κ3) is 59.8. The largest absolute Gasteiger partial charge is 0.500 e. The van der Waals surface area contributed by atoms with Gasteiger partial charge in [-0.25, -0.2) is 0 Å². The van der Waals surface area contributed by atoms with Crippen LogP contribution in [-0.4, -0.2) is 111 Å². The summed E-state index contributed by atoms with van der Waals surface area (Å²) in [4.78, 5) is 0. The zero-order valence-electron chi connectivity index (χ0n) is 25.4. The molecule has 264 valence electrons. The molecule has 0 aliphatic heterocycles. The van der Waals surface area contributed by atoms with Crippen LogP contribution in [0, 0.1) is 0 Å². The standard InChI is InChI=1S/2C9H22O3Si.4H2O3S/c2*1-5-9-13(10-6-2,11-7-3)12-8-4;4*1-4(2)3/h2*5-9H2,1-4H3;4*(H2,1,2,3). The topological polar surface area (TPSA) is 286 Å². The number of hydrogen-bond acceptors (Lipinski definition) is 10. The van der Waals surface area contributed by atoms with Crippen molar-refractivity contribution in [2.24, 2.45) is 0 Å². The highest BCUT2D eigenvalue weighted by atomic mass is 32.2. The van der Waals surface area contributed by atoms with Crippen LogP contribution in [0.2, 0.25) is 12.1 Å². The molecule has 0 aromatic rings. The molecular formula is C18H52O18S4Si2. The molecule has 18 nitrogen and oxygen atoms in total. The Hall–Kier alpha value is 0.474. The summed E-state index contributed by atoms with van der Waals surface area (Å²) in [6.07, 6.45) is 2.10. The second-order valence-electron chi connectivity index (χ2n) is 6.39. The van der Waals surface area contributed by atoms with Crippen LogP contribution in [0.3, 0.4) is 0 Å². The summed E-state index contributed by atoms with van der Waals surface area (Å²) < 4.78 is 125. The fraction of sp³-hybridized carbons (Fsp3) is 1.00. The van der Waals surface area contributed by atoms with Crippen LogP contribution in [0.1, 0.15) is 68.2 Å². The molecule has 8 N–H and O–H groups in total. The van der Waals surface area contributed by atoms with Gasteiger partial charge in [0.15, 0.2) is 0 Å². The highest BCUT2D eigenvalue weighted by molar-refractivity contribution is 7.73. The van der Waals surface area contributed by atoms with E-state index in [-0.39, 0.29) is 0 Å². The summed E-state index contributed by atoms with van der Waals surface area (Å²) in [6, 6.07) is 1.84. The van der Waals surface area contributed by atoms with Gasteiger partial charge in [0, 0.05) is 51.7 Å². The van der Waals surface area contributed by atoms with E-state index in [1.54, 1.807) is 0 Å². The smallest absolute Gasteiger partial charge is 0.374 e. The lowest BCUT2D eigenvalue weighted by Crippen LogP contribution is -2.45.